The van der Waals surface area contributed by atoms with Gasteiger partial charge in [0.2, 0.25) is 0 Å². The van der Waals surface area contributed by atoms with Crippen LogP contribution in [0.1, 0.15) is 30.9 Å². The molecule has 3 nitrogen and oxygen atoms in total. The lowest BCUT2D eigenvalue weighted by atomic mass is 9.98. The number of aryl methyl sites for hydroxylation is 1. The number of methoxy groups -OCH3 is 1. The summed E-state index contributed by atoms with van der Waals surface area (Å²) in [5.74, 6) is 0.994. The van der Waals surface area contributed by atoms with Crippen LogP contribution >= 0.6 is 0 Å². The summed E-state index contributed by atoms with van der Waals surface area (Å²) in [5.41, 5.74) is 2.59. The van der Waals surface area contributed by atoms with Crippen molar-refractivity contribution < 1.29 is 4.74 Å². The van der Waals surface area contributed by atoms with E-state index in [9.17, 15) is 0 Å². The Labute approximate surface area is 116 Å². The van der Waals surface area contributed by atoms with Crippen molar-refractivity contribution in [2.75, 3.05) is 20.7 Å². The molecule has 0 amide bonds. The van der Waals surface area contributed by atoms with Gasteiger partial charge in [-0.1, -0.05) is 12.1 Å². The minimum atomic E-state index is 0.621. The molecular formula is C16H26N2O. The summed E-state index contributed by atoms with van der Waals surface area (Å²) in [4.78, 5) is 2.44. The van der Waals surface area contributed by atoms with Crippen molar-refractivity contribution in [3.8, 4) is 5.75 Å². The minimum absolute atomic E-state index is 0.621. The SMILES string of the molecule is COc1cccc(C)c1CN[C@H]1CCN(C)[C@H](C)C1. The third-order valence-corrected chi connectivity index (χ3v) is 4.36. The van der Waals surface area contributed by atoms with Crippen molar-refractivity contribution in [1.82, 2.24) is 10.2 Å². The van der Waals surface area contributed by atoms with E-state index in [2.05, 4.69) is 43.2 Å². The van der Waals surface area contributed by atoms with Crippen molar-refractivity contribution in [2.24, 2.45) is 0 Å². The molecule has 0 unspecified atom stereocenters. The Kier molecular flexibility index (Phi) is 4.83. The maximum atomic E-state index is 5.46. The summed E-state index contributed by atoms with van der Waals surface area (Å²) >= 11 is 0. The summed E-state index contributed by atoms with van der Waals surface area (Å²) in [6, 6.07) is 7.54. The number of benzene rings is 1. The molecule has 0 bridgehead atoms. The van der Waals surface area contributed by atoms with Gasteiger partial charge >= 0.3 is 0 Å². The lowest BCUT2D eigenvalue weighted by molar-refractivity contribution is 0.168. The van der Waals surface area contributed by atoms with Crippen LogP contribution < -0.4 is 10.1 Å². The molecule has 1 heterocycles. The highest BCUT2D eigenvalue weighted by molar-refractivity contribution is 5.39. The Morgan fingerprint density at radius 2 is 2.21 bits per heavy atom. The highest BCUT2D eigenvalue weighted by Gasteiger charge is 2.22. The fourth-order valence-electron chi connectivity index (χ4n) is 2.81. The molecule has 2 rings (SSSR count). The maximum absolute atomic E-state index is 5.46. The van der Waals surface area contributed by atoms with Gasteiger partial charge in [0.05, 0.1) is 7.11 Å². The molecule has 106 valence electrons. The summed E-state index contributed by atoms with van der Waals surface area (Å²) in [6.07, 6.45) is 2.46. The molecule has 1 aliphatic rings. The van der Waals surface area contributed by atoms with Crippen LogP contribution in [0.3, 0.4) is 0 Å². The molecule has 0 aromatic heterocycles. The molecule has 1 saturated heterocycles. The third kappa shape index (κ3) is 3.48. The average molecular weight is 262 g/mol. The molecule has 2 atom stereocenters. The quantitative estimate of drug-likeness (QED) is 0.902. The molecule has 19 heavy (non-hydrogen) atoms. The number of hydrogen-bond acceptors (Lipinski definition) is 3. The van der Waals surface area contributed by atoms with Crippen LogP contribution in [-0.4, -0.2) is 37.7 Å². The van der Waals surface area contributed by atoms with Gasteiger partial charge in [0.25, 0.3) is 0 Å². The van der Waals surface area contributed by atoms with Crippen LogP contribution in [-0.2, 0) is 6.54 Å². The molecule has 1 aromatic carbocycles. The zero-order chi connectivity index (χ0) is 13.8. The summed E-state index contributed by atoms with van der Waals surface area (Å²) < 4.78 is 5.46. The normalized spacial score (nSPS) is 24.4. The summed E-state index contributed by atoms with van der Waals surface area (Å²) in [5, 5.41) is 3.70. The first-order valence-electron chi connectivity index (χ1n) is 7.18. The number of hydrogen-bond donors (Lipinski definition) is 1. The fraction of sp³-hybridized carbons (Fsp3) is 0.625. The molecular weight excluding hydrogens is 236 g/mol. The van der Waals surface area contributed by atoms with Crippen molar-refractivity contribution in [1.29, 1.82) is 0 Å². The first-order chi connectivity index (χ1) is 9.11. The molecule has 0 radical (unpaired) electrons. The van der Waals surface area contributed by atoms with E-state index in [1.807, 2.05) is 6.07 Å². The molecule has 3 heteroatoms. The van der Waals surface area contributed by atoms with Gasteiger partial charge in [0.1, 0.15) is 5.75 Å². The minimum Gasteiger partial charge on any atom is -0.496 e. The topological polar surface area (TPSA) is 24.5 Å². The van der Waals surface area contributed by atoms with Gasteiger partial charge in [-0.3, -0.25) is 0 Å². The average Bonchev–Trinajstić information content (AvgIpc) is 2.41. The zero-order valence-corrected chi connectivity index (χ0v) is 12.6. The van der Waals surface area contributed by atoms with E-state index < -0.39 is 0 Å². The highest BCUT2D eigenvalue weighted by atomic mass is 16.5. The van der Waals surface area contributed by atoms with Crippen LogP contribution in [0, 0.1) is 6.92 Å². The Balaban J connectivity index is 1.96. The number of ether oxygens (including phenoxy) is 1. The van der Waals surface area contributed by atoms with E-state index in [-0.39, 0.29) is 0 Å². The van der Waals surface area contributed by atoms with Gasteiger partial charge < -0.3 is 15.0 Å². The smallest absolute Gasteiger partial charge is 0.123 e. The van der Waals surface area contributed by atoms with Crippen LogP contribution in [0.25, 0.3) is 0 Å². The largest absolute Gasteiger partial charge is 0.496 e. The number of piperidine rings is 1. The van der Waals surface area contributed by atoms with Gasteiger partial charge in [0, 0.05) is 24.2 Å². The van der Waals surface area contributed by atoms with Crippen molar-refractivity contribution in [3.05, 3.63) is 29.3 Å². The monoisotopic (exact) mass is 262 g/mol. The standard InChI is InChI=1S/C16H26N2O/c1-12-6-5-7-16(19-4)15(12)11-17-14-8-9-18(3)13(2)10-14/h5-7,13-14,17H,8-11H2,1-4H3/t13-,14+/m1/s1. The second kappa shape index (κ2) is 6.40. The first kappa shape index (κ1) is 14.4. The molecule has 1 N–H and O–H groups in total. The molecule has 1 aliphatic heterocycles. The van der Waals surface area contributed by atoms with E-state index >= 15 is 0 Å². The Morgan fingerprint density at radius 1 is 1.42 bits per heavy atom. The van der Waals surface area contributed by atoms with Crippen LogP contribution in [0.5, 0.6) is 5.75 Å². The molecule has 0 spiro atoms. The lowest BCUT2D eigenvalue weighted by Crippen LogP contribution is -2.45. The number of rotatable bonds is 4. The molecule has 1 aromatic rings. The summed E-state index contributed by atoms with van der Waals surface area (Å²) in [7, 11) is 3.96. The van der Waals surface area contributed by atoms with Crippen molar-refractivity contribution in [3.63, 3.8) is 0 Å². The predicted octanol–water partition coefficient (Wildman–Crippen LogP) is 2.58. The van der Waals surface area contributed by atoms with E-state index in [1.165, 1.54) is 30.5 Å². The van der Waals surface area contributed by atoms with E-state index in [4.69, 9.17) is 4.74 Å². The third-order valence-electron chi connectivity index (χ3n) is 4.36. The maximum Gasteiger partial charge on any atom is 0.123 e. The van der Waals surface area contributed by atoms with Crippen LogP contribution in [0.4, 0.5) is 0 Å². The Hall–Kier alpha value is -1.06. The van der Waals surface area contributed by atoms with E-state index in [0.29, 0.717) is 12.1 Å². The second-order valence-electron chi connectivity index (χ2n) is 5.69. The Morgan fingerprint density at radius 3 is 2.89 bits per heavy atom. The van der Waals surface area contributed by atoms with E-state index in [0.717, 1.165) is 12.3 Å². The Bertz CT molecular complexity index is 419. The highest BCUT2D eigenvalue weighted by Crippen LogP contribution is 2.22. The van der Waals surface area contributed by atoms with Crippen LogP contribution in [0.15, 0.2) is 18.2 Å². The van der Waals surface area contributed by atoms with Gasteiger partial charge in [-0.15, -0.1) is 0 Å². The number of nitrogens with zero attached hydrogens (tertiary/aromatic N) is 1. The first-order valence-corrected chi connectivity index (χ1v) is 7.18. The summed E-state index contributed by atoms with van der Waals surface area (Å²) in [6.45, 7) is 6.54. The predicted molar refractivity (Wildman–Crippen MR) is 79.7 cm³/mol. The number of likely N-dealkylation sites (tertiary alicyclic amines) is 1. The van der Waals surface area contributed by atoms with Crippen molar-refractivity contribution >= 4 is 0 Å². The lowest BCUT2D eigenvalue weighted by Gasteiger charge is -2.35. The zero-order valence-electron chi connectivity index (χ0n) is 12.6. The number of nitrogens with one attached hydrogen (secondary N) is 1. The molecule has 1 fully saturated rings. The fourth-order valence-corrected chi connectivity index (χ4v) is 2.81. The van der Waals surface area contributed by atoms with E-state index in [1.54, 1.807) is 7.11 Å². The van der Waals surface area contributed by atoms with Gasteiger partial charge in [-0.2, -0.15) is 0 Å². The van der Waals surface area contributed by atoms with Gasteiger partial charge in [0.15, 0.2) is 0 Å². The van der Waals surface area contributed by atoms with Crippen molar-refractivity contribution in [2.45, 2.75) is 45.3 Å². The second-order valence-corrected chi connectivity index (χ2v) is 5.69. The van der Waals surface area contributed by atoms with Gasteiger partial charge in [-0.05, 0) is 51.9 Å². The molecule has 0 saturated carbocycles. The molecule has 0 aliphatic carbocycles. The van der Waals surface area contributed by atoms with Gasteiger partial charge in [-0.25, -0.2) is 0 Å². The van der Waals surface area contributed by atoms with Crippen LogP contribution in [0.2, 0.25) is 0 Å².